The average Bonchev–Trinajstić information content (AvgIpc) is 2.15. The second kappa shape index (κ2) is 7.09. The van der Waals surface area contributed by atoms with Gasteiger partial charge in [0.05, 0.1) is 6.61 Å². The van der Waals surface area contributed by atoms with Crippen LogP contribution >= 0.6 is 0 Å². The van der Waals surface area contributed by atoms with Gasteiger partial charge in [0, 0.05) is 26.4 Å². The molecule has 0 aliphatic carbocycles. The van der Waals surface area contributed by atoms with Crippen molar-refractivity contribution >= 4 is 12.1 Å². The lowest BCUT2D eigenvalue weighted by atomic mass is 10.1. The summed E-state index contributed by atoms with van der Waals surface area (Å²) in [5.74, 6) is -0.307. The van der Waals surface area contributed by atoms with E-state index in [2.05, 4.69) is 0 Å². The Bertz CT molecular complexity index is 242. The third-order valence-corrected chi connectivity index (χ3v) is 2.26. The summed E-state index contributed by atoms with van der Waals surface area (Å²) in [5, 5.41) is 0. The van der Waals surface area contributed by atoms with Gasteiger partial charge in [-0.15, -0.1) is 0 Å². The first-order valence-corrected chi connectivity index (χ1v) is 5.45. The Labute approximate surface area is 96.7 Å². The van der Waals surface area contributed by atoms with Crippen LogP contribution in [0.25, 0.3) is 0 Å². The molecule has 2 atom stereocenters. The largest absolute Gasteiger partial charge is 0.463 e. The second-order valence-electron chi connectivity index (χ2n) is 3.81. The summed E-state index contributed by atoms with van der Waals surface area (Å²) in [5.41, 5.74) is 0. The topological polar surface area (TPSA) is 55.8 Å². The Balaban J connectivity index is 4.08. The highest BCUT2D eigenvalue weighted by Gasteiger charge is 2.19. The third-order valence-electron chi connectivity index (χ3n) is 2.26. The molecule has 5 heteroatoms. The number of amides is 1. The van der Waals surface area contributed by atoms with Gasteiger partial charge in [-0.25, -0.2) is 4.79 Å². The van der Waals surface area contributed by atoms with Crippen molar-refractivity contribution in [2.45, 2.75) is 46.3 Å². The maximum absolute atomic E-state index is 11.4. The predicted octanol–water partition coefficient (Wildman–Crippen LogP) is 1.80. The van der Waals surface area contributed by atoms with Crippen LogP contribution in [0.15, 0.2) is 0 Å². The molecule has 1 amide bonds. The van der Waals surface area contributed by atoms with Crippen LogP contribution in [-0.2, 0) is 14.3 Å². The fourth-order valence-electron chi connectivity index (χ4n) is 1.38. The predicted molar refractivity (Wildman–Crippen MR) is 60.1 cm³/mol. The molecule has 0 saturated carbocycles. The second-order valence-corrected chi connectivity index (χ2v) is 3.81. The molecule has 0 fully saturated rings. The van der Waals surface area contributed by atoms with Gasteiger partial charge in [0.15, 0.2) is 0 Å². The van der Waals surface area contributed by atoms with Gasteiger partial charge in [-0.1, -0.05) is 0 Å². The van der Waals surface area contributed by atoms with Crippen LogP contribution in [0.2, 0.25) is 0 Å². The highest BCUT2D eigenvalue weighted by atomic mass is 16.6. The van der Waals surface area contributed by atoms with Gasteiger partial charge in [-0.05, 0) is 20.8 Å². The molecule has 0 aromatic rings. The summed E-state index contributed by atoms with van der Waals surface area (Å²) >= 11 is 0. The van der Waals surface area contributed by atoms with Crippen LogP contribution in [0.1, 0.15) is 34.1 Å². The summed E-state index contributed by atoms with van der Waals surface area (Å²) in [4.78, 5) is 23.6. The molecule has 0 aromatic carbocycles. The zero-order valence-corrected chi connectivity index (χ0v) is 10.6. The standard InChI is InChI=1S/C11H21NO4/c1-6-15-11(14)12(5)8(2)7-9(3)16-10(4)13/h8-9H,6-7H2,1-5H3. The molecule has 0 aliphatic heterocycles. The molecule has 0 heterocycles. The number of rotatable bonds is 5. The van der Waals surface area contributed by atoms with Crippen molar-refractivity contribution in [1.82, 2.24) is 4.90 Å². The number of hydrogen-bond donors (Lipinski definition) is 0. The van der Waals surface area contributed by atoms with E-state index in [0.717, 1.165) is 0 Å². The molecular formula is C11H21NO4. The molecule has 0 aliphatic rings. The monoisotopic (exact) mass is 231 g/mol. The normalized spacial score (nSPS) is 13.8. The summed E-state index contributed by atoms with van der Waals surface area (Å²) in [6.45, 7) is 7.18. The lowest BCUT2D eigenvalue weighted by Gasteiger charge is -2.26. The van der Waals surface area contributed by atoms with Crippen LogP contribution < -0.4 is 0 Å². The molecule has 0 N–H and O–H groups in total. The van der Waals surface area contributed by atoms with E-state index in [-0.39, 0.29) is 24.2 Å². The van der Waals surface area contributed by atoms with Crippen LogP contribution in [0.3, 0.4) is 0 Å². The Morgan fingerprint density at radius 2 is 1.88 bits per heavy atom. The zero-order valence-electron chi connectivity index (χ0n) is 10.6. The molecule has 0 bridgehead atoms. The van der Waals surface area contributed by atoms with Crippen LogP contribution in [0.5, 0.6) is 0 Å². The van der Waals surface area contributed by atoms with E-state index in [1.807, 2.05) is 6.92 Å². The van der Waals surface area contributed by atoms with E-state index in [1.165, 1.54) is 11.8 Å². The number of carbonyl (C=O) groups is 2. The first kappa shape index (κ1) is 14.7. The van der Waals surface area contributed by atoms with Crippen molar-refractivity contribution in [3.05, 3.63) is 0 Å². The van der Waals surface area contributed by atoms with Gasteiger partial charge in [-0.3, -0.25) is 4.79 Å². The van der Waals surface area contributed by atoms with Crippen molar-refractivity contribution in [2.24, 2.45) is 0 Å². The highest BCUT2D eigenvalue weighted by Crippen LogP contribution is 2.09. The summed E-state index contributed by atoms with van der Waals surface area (Å²) in [6, 6.07) is -0.0339. The summed E-state index contributed by atoms with van der Waals surface area (Å²) < 4.78 is 9.86. The molecular weight excluding hydrogens is 210 g/mol. The van der Waals surface area contributed by atoms with E-state index in [1.54, 1.807) is 20.9 Å². The molecule has 5 nitrogen and oxygen atoms in total. The molecule has 0 spiro atoms. The van der Waals surface area contributed by atoms with Gasteiger partial charge in [-0.2, -0.15) is 0 Å². The number of carbonyl (C=O) groups excluding carboxylic acids is 2. The minimum Gasteiger partial charge on any atom is -0.463 e. The number of hydrogen-bond acceptors (Lipinski definition) is 4. The zero-order chi connectivity index (χ0) is 12.7. The van der Waals surface area contributed by atoms with Gasteiger partial charge in [0.2, 0.25) is 0 Å². The van der Waals surface area contributed by atoms with Gasteiger partial charge >= 0.3 is 12.1 Å². The molecule has 2 unspecified atom stereocenters. The molecule has 94 valence electrons. The SMILES string of the molecule is CCOC(=O)N(C)C(C)CC(C)OC(C)=O. The first-order chi connectivity index (χ1) is 7.38. The maximum Gasteiger partial charge on any atom is 0.409 e. The highest BCUT2D eigenvalue weighted by molar-refractivity contribution is 5.67. The Morgan fingerprint density at radius 1 is 1.31 bits per heavy atom. The van der Waals surface area contributed by atoms with Crippen molar-refractivity contribution in [3.8, 4) is 0 Å². The van der Waals surface area contributed by atoms with Gasteiger partial charge in [0.1, 0.15) is 6.10 Å². The van der Waals surface area contributed by atoms with Crippen LogP contribution in [-0.4, -0.2) is 42.8 Å². The Morgan fingerprint density at radius 3 is 2.31 bits per heavy atom. The molecule has 0 aromatic heterocycles. The van der Waals surface area contributed by atoms with Crippen LogP contribution in [0, 0.1) is 0 Å². The minimum absolute atomic E-state index is 0.0339. The van der Waals surface area contributed by atoms with E-state index in [9.17, 15) is 9.59 Å². The molecule has 0 saturated heterocycles. The van der Waals surface area contributed by atoms with Crippen molar-refractivity contribution in [1.29, 1.82) is 0 Å². The lowest BCUT2D eigenvalue weighted by Crippen LogP contribution is -2.37. The van der Waals surface area contributed by atoms with Crippen molar-refractivity contribution < 1.29 is 19.1 Å². The first-order valence-electron chi connectivity index (χ1n) is 5.45. The van der Waals surface area contributed by atoms with E-state index in [4.69, 9.17) is 9.47 Å². The third kappa shape index (κ3) is 5.58. The van der Waals surface area contributed by atoms with E-state index >= 15 is 0 Å². The average molecular weight is 231 g/mol. The number of esters is 1. The molecule has 0 radical (unpaired) electrons. The number of nitrogens with zero attached hydrogens (tertiary/aromatic N) is 1. The smallest absolute Gasteiger partial charge is 0.409 e. The van der Waals surface area contributed by atoms with E-state index < -0.39 is 0 Å². The van der Waals surface area contributed by atoms with Crippen molar-refractivity contribution in [3.63, 3.8) is 0 Å². The number of ether oxygens (including phenoxy) is 2. The minimum atomic E-state index is -0.356. The molecule has 0 rings (SSSR count). The summed E-state index contributed by atoms with van der Waals surface area (Å²) in [7, 11) is 1.67. The lowest BCUT2D eigenvalue weighted by molar-refractivity contribution is -0.146. The fourth-order valence-corrected chi connectivity index (χ4v) is 1.38. The summed E-state index contributed by atoms with van der Waals surface area (Å²) in [6.07, 6.45) is 0.0314. The Kier molecular flexibility index (Phi) is 6.53. The van der Waals surface area contributed by atoms with Gasteiger partial charge in [0.25, 0.3) is 0 Å². The van der Waals surface area contributed by atoms with Crippen LogP contribution in [0.4, 0.5) is 4.79 Å². The van der Waals surface area contributed by atoms with Crippen molar-refractivity contribution in [2.75, 3.05) is 13.7 Å². The van der Waals surface area contributed by atoms with Gasteiger partial charge < -0.3 is 14.4 Å². The van der Waals surface area contributed by atoms with E-state index in [0.29, 0.717) is 13.0 Å². The quantitative estimate of drug-likeness (QED) is 0.677. The Hall–Kier alpha value is -1.26. The fraction of sp³-hybridized carbons (Fsp3) is 0.818. The molecule has 16 heavy (non-hydrogen) atoms. The maximum atomic E-state index is 11.4.